The maximum Gasteiger partial charge on any atom is 0.255 e. The number of ether oxygens (including phenoxy) is 1. The van der Waals surface area contributed by atoms with Crippen LogP contribution in [0.25, 0.3) is 5.69 Å². The third kappa shape index (κ3) is 2.86. The highest BCUT2D eigenvalue weighted by Gasteiger charge is 2.17. The van der Waals surface area contributed by atoms with E-state index >= 15 is 0 Å². The molecule has 0 unspecified atom stereocenters. The average Bonchev–Trinajstić information content (AvgIpc) is 3.23. The molecular weight excluding hydrogens is 326 g/mol. The van der Waals surface area contributed by atoms with Crippen LogP contribution in [0.15, 0.2) is 42.6 Å². The lowest BCUT2D eigenvalue weighted by atomic mass is 10.1. The maximum atomic E-state index is 12.6. The number of carbonyl (C=O) groups is 1. The van der Waals surface area contributed by atoms with E-state index < -0.39 is 0 Å². The summed E-state index contributed by atoms with van der Waals surface area (Å²) >= 11 is 0. The molecule has 132 valence electrons. The highest BCUT2D eigenvalue weighted by atomic mass is 16.5. The van der Waals surface area contributed by atoms with Crippen LogP contribution in [-0.4, -0.2) is 22.3 Å². The third-order valence-corrected chi connectivity index (χ3v) is 4.80. The Morgan fingerprint density at radius 2 is 2.00 bits per heavy atom. The molecule has 3 aromatic rings. The number of fused-ring (bicyclic) bond motifs is 1. The van der Waals surface area contributed by atoms with Crippen molar-refractivity contribution in [1.29, 1.82) is 0 Å². The topological polar surface area (TPSA) is 56.2 Å². The van der Waals surface area contributed by atoms with Gasteiger partial charge in [-0.2, -0.15) is 5.10 Å². The van der Waals surface area contributed by atoms with Crippen molar-refractivity contribution in [2.45, 2.75) is 27.2 Å². The summed E-state index contributed by atoms with van der Waals surface area (Å²) in [5, 5.41) is 7.45. The normalized spacial score (nSPS) is 12.6. The van der Waals surface area contributed by atoms with Gasteiger partial charge >= 0.3 is 0 Å². The van der Waals surface area contributed by atoms with E-state index in [-0.39, 0.29) is 5.91 Å². The zero-order valence-corrected chi connectivity index (χ0v) is 15.2. The van der Waals surface area contributed by atoms with Gasteiger partial charge in [0.15, 0.2) is 0 Å². The van der Waals surface area contributed by atoms with Crippen LogP contribution in [0.3, 0.4) is 0 Å². The summed E-state index contributed by atoms with van der Waals surface area (Å²) in [7, 11) is 0. The van der Waals surface area contributed by atoms with E-state index in [0.717, 1.165) is 34.7 Å². The standard InChI is InChI=1S/C21H21N3O2/c1-13-4-5-14(2)19(10-13)24-15(3)18(12-22-24)23-21(25)17-6-7-20-16(11-17)8-9-26-20/h4-7,10-12H,8-9H2,1-3H3,(H,23,25). The quantitative estimate of drug-likeness (QED) is 0.779. The summed E-state index contributed by atoms with van der Waals surface area (Å²) in [6.07, 6.45) is 2.55. The lowest BCUT2D eigenvalue weighted by Crippen LogP contribution is -2.13. The predicted molar refractivity (Wildman–Crippen MR) is 101 cm³/mol. The summed E-state index contributed by atoms with van der Waals surface area (Å²) in [6.45, 7) is 6.76. The van der Waals surface area contributed by atoms with Crippen molar-refractivity contribution < 1.29 is 9.53 Å². The van der Waals surface area contributed by atoms with Gasteiger partial charge in [-0.05, 0) is 61.7 Å². The van der Waals surface area contributed by atoms with E-state index in [1.54, 1.807) is 12.3 Å². The number of aromatic nitrogens is 2. The number of hydrogen-bond acceptors (Lipinski definition) is 3. The summed E-state index contributed by atoms with van der Waals surface area (Å²) in [6, 6.07) is 11.8. The molecule has 5 heteroatoms. The minimum absolute atomic E-state index is 0.136. The van der Waals surface area contributed by atoms with Crippen molar-refractivity contribution in [3.8, 4) is 11.4 Å². The summed E-state index contributed by atoms with van der Waals surface area (Å²) in [4.78, 5) is 12.6. The van der Waals surface area contributed by atoms with Gasteiger partial charge in [-0.15, -0.1) is 0 Å². The van der Waals surface area contributed by atoms with E-state index in [4.69, 9.17) is 4.74 Å². The number of nitrogens with zero attached hydrogens (tertiary/aromatic N) is 2. The van der Waals surface area contributed by atoms with E-state index in [9.17, 15) is 4.79 Å². The van der Waals surface area contributed by atoms with Gasteiger partial charge in [-0.1, -0.05) is 12.1 Å². The van der Waals surface area contributed by atoms with Gasteiger partial charge in [0.25, 0.3) is 5.91 Å². The maximum absolute atomic E-state index is 12.6. The number of rotatable bonds is 3. The first-order valence-electron chi connectivity index (χ1n) is 8.72. The Balaban J connectivity index is 1.60. The van der Waals surface area contributed by atoms with Crippen LogP contribution in [-0.2, 0) is 6.42 Å². The predicted octanol–water partition coefficient (Wildman–Crippen LogP) is 3.98. The highest BCUT2D eigenvalue weighted by molar-refractivity contribution is 6.04. The fourth-order valence-electron chi connectivity index (χ4n) is 3.25. The smallest absolute Gasteiger partial charge is 0.255 e. The van der Waals surface area contributed by atoms with E-state index in [2.05, 4.69) is 42.5 Å². The number of aryl methyl sites for hydroxylation is 2. The Morgan fingerprint density at radius 3 is 2.85 bits per heavy atom. The van der Waals surface area contributed by atoms with Gasteiger partial charge in [-0.25, -0.2) is 4.68 Å². The molecule has 0 fully saturated rings. The first-order valence-corrected chi connectivity index (χ1v) is 8.72. The summed E-state index contributed by atoms with van der Waals surface area (Å²) in [5.74, 6) is 0.740. The summed E-state index contributed by atoms with van der Waals surface area (Å²) in [5.41, 5.74) is 6.67. The van der Waals surface area contributed by atoms with Gasteiger partial charge in [0.05, 0.1) is 29.9 Å². The Hall–Kier alpha value is -3.08. The molecule has 0 spiro atoms. The summed E-state index contributed by atoms with van der Waals surface area (Å²) < 4.78 is 7.37. The van der Waals surface area contributed by atoms with Crippen LogP contribution < -0.4 is 10.1 Å². The number of nitrogens with one attached hydrogen (secondary N) is 1. The minimum Gasteiger partial charge on any atom is -0.493 e. The molecule has 1 N–H and O–H groups in total. The molecule has 1 aromatic heterocycles. The third-order valence-electron chi connectivity index (χ3n) is 4.80. The molecule has 2 aromatic carbocycles. The zero-order valence-electron chi connectivity index (χ0n) is 15.2. The minimum atomic E-state index is -0.136. The fourth-order valence-corrected chi connectivity index (χ4v) is 3.25. The van der Waals surface area contributed by atoms with Crippen molar-refractivity contribution in [2.75, 3.05) is 11.9 Å². The molecule has 5 nitrogen and oxygen atoms in total. The molecule has 1 aliphatic rings. The van der Waals surface area contributed by atoms with Crippen LogP contribution in [0, 0.1) is 20.8 Å². The van der Waals surface area contributed by atoms with Crippen molar-refractivity contribution >= 4 is 11.6 Å². The van der Waals surface area contributed by atoms with Crippen molar-refractivity contribution in [3.63, 3.8) is 0 Å². The van der Waals surface area contributed by atoms with Gasteiger partial charge < -0.3 is 10.1 Å². The lowest BCUT2D eigenvalue weighted by Gasteiger charge is -2.10. The van der Waals surface area contributed by atoms with Gasteiger partial charge in [-0.3, -0.25) is 4.79 Å². The number of anilines is 1. The van der Waals surface area contributed by atoms with E-state index in [1.165, 1.54) is 5.56 Å². The monoisotopic (exact) mass is 347 g/mol. The number of benzene rings is 2. The average molecular weight is 347 g/mol. The Kier molecular flexibility index (Phi) is 3.99. The Labute approximate surface area is 152 Å². The molecule has 0 aliphatic carbocycles. The van der Waals surface area contributed by atoms with Crippen molar-refractivity contribution in [2.24, 2.45) is 0 Å². The van der Waals surface area contributed by atoms with E-state index in [0.29, 0.717) is 17.9 Å². The molecule has 0 radical (unpaired) electrons. The number of hydrogen-bond donors (Lipinski definition) is 1. The fraction of sp³-hybridized carbons (Fsp3) is 0.238. The Bertz CT molecular complexity index is 1000. The second-order valence-corrected chi connectivity index (χ2v) is 6.72. The van der Waals surface area contributed by atoms with Crippen LogP contribution in [0.5, 0.6) is 5.75 Å². The molecule has 0 atom stereocenters. The zero-order chi connectivity index (χ0) is 18.3. The van der Waals surface area contributed by atoms with Crippen LogP contribution >= 0.6 is 0 Å². The molecule has 26 heavy (non-hydrogen) atoms. The number of carbonyl (C=O) groups excluding carboxylic acids is 1. The molecule has 0 saturated heterocycles. The van der Waals surface area contributed by atoms with Crippen LogP contribution in [0.2, 0.25) is 0 Å². The van der Waals surface area contributed by atoms with Gasteiger partial charge in [0.2, 0.25) is 0 Å². The van der Waals surface area contributed by atoms with Crippen LogP contribution in [0.1, 0.15) is 32.7 Å². The number of amides is 1. The van der Waals surface area contributed by atoms with Crippen molar-refractivity contribution in [1.82, 2.24) is 9.78 Å². The Morgan fingerprint density at radius 1 is 1.15 bits per heavy atom. The lowest BCUT2D eigenvalue weighted by molar-refractivity contribution is 0.102. The molecule has 1 aliphatic heterocycles. The van der Waals surface area contributed by atoms with Crippen LogP contribution in [0.4, 0.5) is 5.69 Å². The SMILES string of the molecule is Cc1ccc(C)c(-n2ncc(NC(=O)c3ccc4c(c3)CCO4)c2C)c1. The molecule has 4 rings (SSSR count). The second-order valence-electron chi connectivity index (χ2n) is 6.72. The van der Waals surface area contributed by atoms with Crippen molar-refractivity contribution in [3.05, 3.63) is 70.5 Å². The molecule has 2 heterocycles. The molecule has 1 amide bonds. The van der Waals surface area contributed by atoms with E-state index in [1.807, 2.05) is 23.7 Å². The highest BCUT2D eigenvalue weighted by Crippen LogP contribution is 2.27. The second kappa shape index (κ2) is 6.33. The largest absolute Gasteiger partial charge is 0.493 e. The van der Waals surface area contributed by atoms with Gasteiger partial charge in [0.1, 0.15) is 5.75 Å². The molecular formula is C21H21N3O2. The first-order chi connectivity index (χ1) is 12.5. The van der Waals surface area contributed by atoms with Gasteiger partial charge in [0, 0.05) is 12.0 Å². The first kappa shape index (κ1) is 16.4. The molecule has 0 bridgehead atoms. The molecule has 0 saturated carbocycles.